The number of furan rings is 1. The number of carbonyl (C=O) groups is 2. The first-order valence-corrected chi connectivity index (χ1v) is 11.4. The average molecular weight is 484 g/mol. The molecule has 1 atom stereocenters. The van der Waals surface area contributed by atoms with Crippen LogP contribution in [-0.2, 0) is 9.53 Å². The summed E-state index contributed by atoms with van der Waals surface area (Å²) in [6.07, 6.45) is 0. The fraction of sp³-hybridized carbons (Fsp3) is 0.308. The fourth-order valence-corrected chi connectivity index (χ4v) is 4.10. The Balaban J connectivity index is 1.72. The molecule has 1 unspecified atom stereocenters. The lowest BCUT2D eigenvalue weighted by molar-refractivity contribution is -0.130. The molecular weight excluding hydrogens is 458 g/mol. The summed E-state index contributed by atoms with van der Waals surface area (Å²) >= 11 is 6.05. The molecular formula is C26H26ClNO6. The number of rotatable bonds is 9. The second-order valence-electron chi connectivity index (χ2n) is 8.55. The molecule has 0 fully saturated rings. The maximum absolute atomic E-state index is 13.5. The largest absolute Gasteiger partial charge is 0.503 e. The summed E-state index contributed by atoms with van der Waals surface area (Å²) in [5.41, 5.74) is 1.10. The lowest BCUT2D eigenvalue weighted by Gasteiger charge is -2.26. The van der Waals surface area contributed by atoms with Crippen molar-refractivity contribution < 1.29 is 28.6 Å². The number of methoxy groups -OCH3 is 1. The molecule has 1 amide bonds. The van der Waals surface area contributed by atoms with Gasteiger partial charge in [-0.1, -0.05) is 37.6 Å². The first-order valence-electron chi connectivity index (χ1n) is 11.0. The van der Waals surface area contributed by atoms with E-state index >= 15 is 0 Å². The molecule has 1 aromatic heterocycles. The molecule has 0 bridgehead atoms. The van der Waals surface area contributed by atoms with Crippen molar-refractivity contribution in [2.24, 2.45) is 5.92 Å². The summed E-state index contributed by atoms with van der Waals surface area (Å²) in [6, 6.07) is 12.9. The van der Waals surface area contributed by atoms with Crippen molar-refractivity contribution in [2.75, 3.05) is 26.9 Å². The molecule has 0 saturated carbocycles. The van der Waals surface area contributed by atoms with Crippen LogP contribution in [0.3, 0.4) is 0 Å². The number of amides is 1. The highest BCUT2D eigenvalue weighted by Gasteiger charge is 2.44. The number of hydrogen-bond acceptors (Lipinski definition) is 6. The summed E-state index contributed by atoms with van der Waals surface area (Å²) in [4.78, 5) is 27.9. The number of fused-ring (bicyclic) bond motifs is 1. The van der Waals surface area contributed by atoms with E-state index in [-0.39, 0.29) is 24.5 Å². The Morgan fingerprint density at radius 1 is 1.18 bits per heavy atom. The number of aliphatic hydroxyl groups excluding tert-OH is 1. The van der Waals surface area contributed by atoms with Gasteiger partial charge in [0, 0.05) is 24.1 Å². The number of ether oxygens (including phenoxy) is 2. The third kappa shape index (κ3) is 4.67. The molecule has 4 rings (SSSR count). The van der Waals surface area contributed by atoms with Gasteiger partial charge in [-0.05, 0) is 47.9 Å². The van der Waals surface area contributed by atoms with Crippen LogP contribution in [0.2, 0.25) is 5.02 Å². The van der Waals surface area contributed by atoms with E-state index in [4.69, 9.17) is 25.5 Å². The molecule has 1 aliphatic heterocycles. The zero-order valence-corrected chi connectivity index (χ0v) is 20.0. The summed E-state index contributed by atoms with van der Waals surface area (Å²) in [5, 5.41) is 11.9. The first-order chi connectivity index (χ1) is 16.3. The highest BCUT2D eigenvalue weighted by molar-refractivity contribution is 6.31. The predicted octanol–water partition coefficient (Wildman–Crippen LogP) is 5.35. The molecule has 3 aromatic rings. The standard InChI is InChI=1S/C26H26ClNO6/c1-15(2)14-33-19-7-4-16(5-8-19)23-22(25(30)26(31)28(23)10-11-32-3)24(29)21-13-17-12-18(27)6-9-20(17)34-21/h4-9,12-13,15,23,30H,10-11,14H2,1-3H3. The number of halogens is 1. The van der Waals surface area contributed by atoms with Crippen molar-refractivity contribution >= 4 is 34.3 Å². The Morgan fingerprint density at radius 2 is 1.91 bits per heavy atom. The monoisotopic (exact) mass is 483 g/mol. The molecule has 2 aromatic carbocycles. The Kier molecular flexibility index (Phi) is 6.95. The van der Waals surface area contributed by atoms with Crippen LogP contribution in [0.5, 0.6) is 5.75 Å². The van der Waals surface area contributed by atoms with Gasteiger partial charge in [0.05, 0.1) is 24.8 Å². The van der Waals surface area contributed by atoms with Crippen molar-refractivity contribution in [3.8, 4) is 5.75 Å². The maximum Gasteiger partial charge on any atom is 0.290 e. The lowest BCUT2D eigenvalue weighted by Crippen LogP contribution is -2.34. The van der Waals surface area contributed by atoms with E-state index in [1.165, 1.54) is 12.0 Å². The minimum absolute atomic E-state index is 0.0158. The van der Waals surface area contributed by atoms with Gasteiger partial charge in [0.15, 0.2) is 11.5 Å². The highest BCUT2D eigenvalue weighted by Crippen LogP contribution is 2.40. The number of hydrogen-bond donors (Lipinski definition) is 1. The summed E-state index contributed by atoms with van der Waals surface area (Å²) in [7, 11) is 1.52. The van der Waals surface area contributed by atoms with Crippen LogP contribution in [0.15, 0.2) is 64.3 Å². The van der Waals surface area contributed by atoms with E-state index in [2.05, 4.69) is 13.8 Å². The number of aliphatic hydroxyl groups is 1. The molecule has 0 aliphatic carbocycles. The van der Waals surface area contributed by atoms with Gasteiger partial charge in [0.2, 0.25) is 5.78 Å². The Hall–Kier alpha value is -3.29. The van der Waals surface area contributed by atoms with Gasteiger partial charge in [-0.25, -0.2) is 0 Å². The molecule has 0 radical (unpaired) electrons. The lowest BCUT2D eigenvalue weighted by atomic mass is 9.95. The van der Waals surface area contributed by atoms with Crippen LogP contribution >= 0.6 is 11.6 Å². The van der Waals surface area contributed by atoms with Crippen molar-refractivity contribution in [3.63, 3.8) is 0 Å². The van der Waals surface area contributed by atoms with E-state index < -0.39 is 23.5 Å². The van der Waals surface area contributed by atoms with Gasteiger partial charge in [0.25, 0.3) is 5.91 Å². The Morgan fingerprint density at radius 3 is 2.59 bits per heavy atom. The predicted molar refractivity (Wildman–Crippen MR) is 128 cm³/mol. The number of nitrogens with zero attached hydrogens (tertiary/aromatic N) is 1. The molecule has 178 valence electrons. The third-order valence-electron chi connectivity index (χ3n) is 5.57. The molecule has 0 saturated heterocycles. The second-order valence-corrected chi connectivity index (χ2v) is 8.99. The molecule has 1 aliphatic rings. The minimum Gasteiger partial charge on any atom is -0.503 e. The van der Waals surface area contributed by atoms with Crippen LogP contribution in [0.1, 0.15) is 36.0 Å². The fourth-order valence-electron chi connectivity index (χ4n) is 3.92. The third-order valence-corrected chi connectivity index (χ3v) is 5.80. The second kappa shape index (κ2) is 9.91. The number of ketones is 1. The Labute approximate surface area is 202 Å². The highest BCUT2D eigenvalue weighted by atomic mass is 35.5. The van der Waals surface area contributed by atoms with E-state index in [0.717, 1.165) is 0 Å². The first kappa shape index (κ1) is 23.9. The summed E-state index contributed by atoms with van der Waals surface area (Å²) in [6.45, 7) is 5.13. The van der Waals surface area contributed by atoms with Crippen LogP contribution in [-0.4, -0.2) is 48.6 Å². The molecule has 7 nitrogen and oxygen atoms in total. The van der Waals surface area contributed by atoms with Gasteiger partial charge in [-0.2, -0.15) is 0 Å². The van der Waals surface area contributed by atoms with Crippen molar-refractivity contribution in [1.82, 2.24) is 4.90 Å². The normalized spacial score (nSPS) is 16.2. The van der Waals surface area contributed by atoms with Crippen LogP contribution < -0.4 is 4.74 Å². The minimum atomic E-state index is -0.800. The number of Topliss-reactive ketones (excluding diaryl/α,β-unsaturated/α-hetero) is 1. The smallest absolute Gasteiger partial charge is 0.290 e. The van der Waals surface area contributed by atoms with Gasteiger partial charge >= 0.3 is 0 Å². The summed E-state index contributed by atoms with van der Waals surface area (Å²) < 4.78 is 16.6. The number of benzene rings is 2. The average Bonchev–Trinajstić information content (AvgIpc) is 3.35. The van der Waals surface area contributed by atoms with E-state index in [9.17, 15) is 14.7 Å². The molecule has 2 heterocycles. The van der Waals surface area contributed by atoms with E-state index in [1.54, 1.807) is 48.5 Å². The topological polar surface area (TPSA) is 89.2 Å². The Bertz CT molecular complexity index is 1240. The zero-order chi connectivity index (χ0) is 24.4. The molecule has 8 heteroatoms. The van der Waals surface area contributed by atoms with Gasteiger partial charge in [-0.3, -0.25) is 9.59 Å². The molecule has 0 spiro atoms. The molecule has 34 heavy (non-hydrogen) atoms. The van der Waals surface area contributed by atoms with E-state index in [0.29, 0.717) is 39.8 Å². The quantitative estimate of drug-likeness (QED) is 0.413. The number of carbonyl (C=O) groups excluding carboxylic acids is 2. The van der Waals surface area contributed by atoms with Gasteiger partial charge < -0.3 is 23.9 Å². The van der Waals surface area contributed by atoms with Crippen molar-refractivity contribution in [3.05, 3.63) is 76.2 Å². The van der Waals surface area contributed by atoms with Crippen LogP contribution in [0, 0.1) is 5.92 Å². The van der Waals surface area contributed by atoms with Crippen LogP contribution in [0.4, 0.5) is 0 Å². The SMILES string of the molecule is COCCN1C(=O)C(O)=C(C(=O)c2cc3cc(Cl)ccc3o2)C1c1ccc(OCC(C)C)cc1. The van der Waals surface area contributed by atoms with Gasteiger partial charge in [-0.15, -0.1) is 0 Å². The van der Waals surface area contributed by atoms with E-state index in [1.807, 2.05) is 0 Å². The molecule has 1 N–H and O–H groups in total. The summed E-state index contributed by atoms with van der Waals surface area (Å²) in [5.74, 6) is -0.723. The van der Waals surface area contributed by atoms with Crippen molar-refractivity contribution in [1.29, 1.82) is 0 Å². The van der Waals surface area contributed by atoms with Gasteiger partial charge in [0.1, 0.15) is 11.3 Å². The van der Waals surface area contributed by atoms with Crippen LogP contribution in [0.25, 0.3) is 11.0 Å². The zero-order valence-electron chi connectivity index (χ0n) is 19.2. The van der Waals surface area contributed by atoms with Crippen molar-refractivity contribution in [2.45, 2.75) is 19.9 Å². The maximum atomic E-state index is 13.5.